The molecule has 0 aliphatic carbocycles. The van der Waals surface area contributed by atoms with Crippen molar-refractivity contribution in [3.05, 3.63) is 59.7 Å². The van der Waals surface area contributed by atoms with E-state index in [1.54, 1.807) is 18.2 Å². The van der Waals surface area contributed by atoms with Gasteiger partial charge in [-0.15, -0.1) is 0 Å². The Labute approximate surface area is 201 Å². The number of amides is 1. The summed E-state index contributed by atoms with van der Waals surface area (Å²) in [5.74, 6) is 0.498. The quantitative estimate of drug-likeness (QED) is 0.502. The van der Waals surface area contributed by atoms with Crippen LogP contribution in [0.3, 0.4) is 0 Å². The monoisotopic (exact) mass is 487 g/mol. The van der Waals surface area contributed by atoms with Gasteiger partial charge >= 0.3 is 0 Å². The zero-order valence-corrected chi connectivity index (χ0v) is 20.3. The lowest BCUT2D eigenvalue weighted by molar-refractivity contribution is -0.129. The number of carbonyl (C=O) groups excluding carboxylic acids is 1. The number of sulfonamides is 1. The van der Waals surface area contributed by atoms with Crippen LogP contribution in [0.15, 0.2) is 48.5 Å². The summed E-state index contributed by atoms with van der Waals surface area (Å²) in [5.41, 5.74) is 2.40. The average Bonchev–Trinajstić information content (AvgIpc) is 3.23. The Morgan fingerprint density at radius 3 is 2.71 bits per heavy atom. The highest BCUT2D eigenvalue weighted by Gasteiger charge is 2.30. The highest BCUT2D eigenvalue weighted by molar-refractivity contribution is 7.92. The molecule has 184 valence electrons. The van der Waals surface area contributed by atoms with E-state index in [2.05, 4.69) is 14.9 Å². The van der Waals surface area contributed by atoms with E-state index >= 15 is 0 Å². The summed E-state index contributed by atoms with van der Waals surface area (Å²) in [6.07, 6.45) is 1.47. The smallest absolute Gasteiger partial charge is 0.261 e. The number of hydrogen-bond donors (Lipinski definition) is 3. The van der Waals surface area contributed by atoms with E-state index in [0.29, 0.717) is 43.8 Å². The minimum absolute atomic E-state index is 0.0712. The van der Waals surface area contributed by atoms with Crippen molar-refractivity contribution in [2.24, 2.45) is 0 Å². The average molecular weight is 488 g/mol. The number of fused-ring (bicyclic) bond motifs is 1. The first-order valence-electron chi connectivity index (χ1n) is 11.9. The number of nitrogens with zero attached hydrogens (tertiary/aromatic N) is 1. The molecule has 0 radical (unpaired) electrons. The molecule has 0 unspecified atom stereocenters. The largest absolute Gasteiger partial charge is 0.480 e. The van der Waals surface area contributed by atoms with Crippen LogP contribution in [-0.2, 0) is 21.2 Å². The van der Waals surface area contributed by atoms with Gasteiger partial charge in [-0.1, -0.05) is 37.3 Å². The maximum atomic E-state index is 13.2. The van der Waals surface area contributed by atoms with Gasteiger partial charge in [0.15, 0.2) is 6.10 Å². The third-order valence-corrected chi connectivity index (χ3v) is 7.74. The van der Waals surface area contributed by atoms with Crippen molar-refractivity contribution in [1.29, 1.82) is 0 Å². The summed E-state index contributed by atoms with van der Waals surface area (Å²) in [7, 11) is -3.36. The zero-order valence-electron chi connectivity index (χ0n) is 19.4. The number of likely N-dealkylation sites (tertiary alicyclic amines) is 1. The lowest BCUT2D eigenvalue weighted by Gasteiger charge is -2.29. The first-order valence-corrected chi connectivity index (χ1v) is 13.5. The molecule has 1 saturated heterocycles. The number of benzene rings is 2. The molecule has 2 aliphatic rings. The molecule has 3 N–H and O–H groups in total. The number of nitrogens with one attached hydrogen (secondary N) is 2. The summed E-state index contributed by atoms with van der Waals surface area (Å²) < 4.78 is 32.7. The second-order valence-corrected chi connectivity index (χ2v) is 10.9. The fourth-order valence-corrected chi connectivity index (χ4v) is 5.68. The topological polar surface area (TPSA) is 108 Å². The van der Waals surface area contributed by atoms with Gasteiger partial charge in [-0.2, -0.15) is 0 Å². The van der Waals surface area contributed by atoms with Crippen LogP contribution in [0, 0.1) is 0 Å². The molecule has 8 nitrogen and oxygen atoms in total. The molecular formula is C25H33N3O5S. The van der Waals surface area contributed by atoms with Gasteiger partial charge in [-0.25, -0.2) is 8.42 Å². The van der Waals surface area contributed by atoms with Crippen molar-refractivity contribution in [3.63, 3.8) is 0 Å². The van der Waals surface area contributed by atoms with Crippen LogP contribution in [0.1, 0.15) is 43.4 Å². The summed E-state index contributed by atoms with van der Waals surface area (Å²) in [5, 5.41) is 13.0. The number of β-amino-alcohol motifs (C(OH)–C–C–N with tert-alkyl or cyclic N) is 1. The molecule has 1 amide bonds. The van der Waals surface area contributed by atoms with Gasteiger partial charge in [0.1, 0.15) is 5.75 Å². The van der Waals surface area contributed by atoms with E-state index in [-0.39, 0.29) is 23.8 Å². The molecule has 2 heterocycles. The zero-order chi connectivity index (χ0) is 24.1. The van der Waals surface area contributed by atoms with Crippen molar-refractivity contribution in [1.82, 2.24) is 10.2 Å². The van der Waals surface area contributed by atoms with Crippen molar-refractivity contribution in [2.75, 3.05) is 30.1 Å². The molecule has 2 aromatic carbocycles. The Hall–Kier alpha value is -2.62. The van der Waals surface area contributed by atoms with Crippen molar-refractivity contribution in [2.45, 2.75) is 50.9 Å². The fraction of sp³-hybridized carbons (Fsp3) is 0.480. The minimum atomic E-state index is -3.36. The summed E-state index contributed by atoms with van der Waals surface area (Å²) >= 11 is 0. The van der Waals surface area contributed by atoms with Crippen LogP contribution in [0.4, 0.5) is 5.69 Å². The molecule has 2 aliphatic heterocycles. The van der Waals surface area contributed by atoms with Crippen molar-refractivity contribution in [3.8, 4) is 5.75 Å². The molecule has 9 heteroatoms. The van der Waals surface area contributed by atoms with Crippen LogP contribution in [0.2, 0.25) is 0 Å². The number of aliphatic hydroxyl groups is 1. The van der Waals surface area contributed by atoms with Crippen LogP contribution in [0.5, 0.6) is 5.75 Å². The SMILES string of the molecule is CCCS(=O)(=O)Nc1ccc2c(c1)CC[C@@H](C(=O)N[C@H](CN1CC[C@H](O)C1)c1ccccc1)O2. The summed E-state index contributed by atoms with van der Waals surface area (Å²) in [6, 6.07) is 14.8. The molecule has 0 aromatic heterocycles. The van der Waals surface area contributed by atoms with Crippen LogP contribution in [0.25, 0.3) is 0 Å². The second-order valence-electron chi connectivity index (χ2n) is 9.06. The van der Waals surface area contributed by atoms with Crippen LogP contribution < -0.4 is 14.8 Å². The van der Waals surface area contributed by atoms with Gasteiger partial charge in [0, 0.05) is 25.3 Å². The molecule has 4 rings (SSSR count). The van der Waals surface area contributed by atoms with Crippen LogP contribution >= 0.6 is 0 Å². The standard InChI is InChI=1S/C25H33N3O5S/c1-2-14-34(31,32)27-20-9-11-23-19(15-20)8-10-24(33-23)25(30)26-22(18-6-4-3-5-7-18)17-28-13-12-21(29)16-28/h3-7,9,11,15,21-22,24,27,29H,2,8,10,12-14,16-17H2,1H3,(H,26,30)/t21-,22+,24-/m0/s1. The molecule has 34 heavy (non-hydrogen) atoms. The first-order chi connectivity index (χ1) is 16.3. The van der Waals surface area contributed by atoms with Crippen molar-refractivity contribution >= 4 is 21.6 Å². The Morgan fingerprint density at radius 2 is 2.00 bits per heavy atom. The van der Waals surface area contributed by atoms with E-state index in [0.717, 1.165) is 24.1 Å². The van der Waals surface area contributed by atoms with Crippen molar-refractivity contribution < 1.29 is 23.1 Å². The molecule has 0 saturated carbocycles. The second kappa shape index (κ2) is 10.8. The van der Waals surface area contributed by atoms with Gasteiger partial charge in [-0.05, 0) is 55.0 Å². The third-order valence-electron chi connectivity index (χ3n) is 6.25. The van der Waals surface area contributed by atoms with Gasteiger partial charge < -0.3 is 15.2 Å². The fourth-order valence-electron chi connectivity index (χ4n) is 4.56. The van der Waals surface area contributed by atoms with Crippen LogP contribution in [-0.4, -0.2) is 61.9 Å². The number of ether oxygens (including phenoxy) is 1. The van der Waals surface area contributed by atoms with E-state index in [4.69, 9.17) is 4.74 Å². The lowest BCUT2D eigenvalue weighted by Crippen LogP contribution is -2.45. The summed E-state index contributed by atoms with van der Waals surface area (Å²) in [4.78, 5) is 15.3. The number of aliphatic hydroxyl groups excluding tert-OH is 1. The highest BCUT2D eigenvalue weighted by atomic mass is 32.2. The minimum Gasteiger partial charge on any atom is -0.480 e. The number of carbonyl (C=O) groups is 1. The maximum absolute atomic E-state index is 13.2. The number of hydrogen-bond acceptors (Lipinski definition) is 6. The molecule has 2 aromatic rings. The molecule has 0 spiro atoms. The normalized spacial score (nSPS) is 21.4. The van der Waals surface area contributed by atoms with Gasteiger partial charge in [-0.3, -0.25) is 14.4 Å². The van der Waals surface area contributed by atoms with E-state index in [9.17, 15) is 18.3 Å². The van der Waals surface area contributed by atoms with E-state index in [1.165, 1.54) is 0 Å². The van der Waals surface area contributed by atoms with Gasteiger partial charge in [0.25, 0.3) is 5.91 Å². The van der Waals surface area contributed by atoms with E-state index in [1.807, 2.05) is 37.3 Å². The number of anilines is 1. The van der Waals surface area contributed by atoms with E-state index < -0.39 is 16.1 Å². The maximum Gasteiger partial charge on any atom is 0.261 e. The number of rotatable bonds is 9. The molecule has 1 fully saturated rings. The lowest BCUT2D eigenvalue weighted by atomic mass is 10.00. The summed E-state index contributed by atoms with van der Waals surface area (Å²) in [6.45, 7) is 3.86. The predicted octanol–water partition coefficient (Wildman–Crippen LogP) is 2.46. The predicted molar refractivity (Wildman–Crippen MR) is 131 cm³/mol. The Bertz CT molecular complexity index is 1090. The Morgan fingerprint density at radius 1 is 1.21 bits per heavy atom. The molecule has 3 atom stereocenters. The third kappa shape index (κ3) is 6.28. The first kappa shape index (κ1) is 24.5. The molecular weight excluding hydrogens is 454 g/mol. The van der Waals surface area contributed by atoms with Gasteiger partial charge in [0.2, 0.25) is 10.0 Å². The van der Waals surface area contributed by atoms with Gasteiger partial charge in [0.05, 0.1) is 17.9 Å². The number of aryl methyl sites for hydroxylation is 1. The Balaban J connectivity index is 1.42. The highest BCUT2D eigenvalue weighted by Crippen LogP contribution is 2.31. The Kier molecular flexibility index (Phi) is 7.75. The molecule has 0 bridgehead atoms.